The van der Waals surface area contributed by atoms with Gasteiger partial charge in [0.1, 0.15) is 6.04 Å². The molecule has 0 aromatic carbocycles. The van der Waals surface area contributed by atoms with Gasteiger partial charge in [-0.3, -0.25) is 9.78 Å². The number of nitrogens with zero attached hydrogens (tertiary/aromatic N) is 2. The maximum absolute atomic E-state index is 12.1. The lowest BCUT2D eigenvalue weighted by molar-refractivity contribution is 0.0928. The van der Waals surface area contributed by atoms with Crippen LogP contribution in [0.5, 0.6) is 0 Å². The predicted molar refractivity (Wildman–Crippen MR) is 72.7 cm³/mol. The van der Waals surface area contributed by atoms with Crippen molar-refractivity contribution >= 4 is 17.5 Å². The second kappa shape index (κ2) is 6.53. The van der Waals surface area contributed by atoms with Crippen LogP contribution in [0, 0.1) is 17.2 Å². The van der Waals surface area contributed by atoms with E-state index in [0.717, 1.165) is 25.7 Å². The minimum Gasteiger partial charge on any atom is -0.336 e. The predicted octanol–water partition coefficient (Wildman–Crippen LogP) is 2.94. The molecule has 4 nitrogen and oxygen atoms in total. The van der Waals surface area contributed by atoms with Gasteiger partial charge in [0.25, 0.3) is 5.91 Å². The van der Waals surface area contributed by atoms with Crippen LogP contribution in [0.4, 0.5) is 0 Å². The van der Waals surface area contributed by atoms with Crippen molar-refractivity contribution in [3.05, 3.63) is 29.0 Å². The molecule has 1 fully saturated rings. The van der Waals surface area contributed by atoms with Crippen LogP contribution in [0.3, 0.4) is 0 Å². The van der Waals surface area contributed by atoms with Gasteiger partial charge in [-0.05, 0) is 24.8 Å². The quantitative estimate of drug-likeness (QED) is 0.924. The molecule has 2 rings (SSSR count). The smallest absolute Gasteiger partial charge is 0.255 e. The number of halogens is 1. The highest BCUT2D eigenvalue weighted by Crippen LogP contribution is 2.26. The van der Waals surface area contributed by atoms with Gasteiger partial charge < -0.3 is 5.32 Å². The Morgan fingerprint density at radius 1 is 1.47 bits per heavy atom. The first-order valence-electron chi connectivity index (χ1n) is 6.52. The van der Waals surface area contributed by atoms with Crippen LogP contribution in [-0.4, -0.2) is 16.9 Å². The van der Waals surface area contributed by atoms with Crippen LogP contribution in [0.15, 0.2) is 18.5 Å². The summed E-state index contributed by atoms with van der Waals surface area (Å²) in [5.74, 6) is -0.0756. The third-order valence-corrected chi connectivity index (χ3v) is 3.89. The van der Waals surface area contributed by atoms with Crippen molar-refractivity contribution < 1.29 is 4.79 Å². The topological polar surface area (TPSA) is 65.8 Å². The summed E-state index contributed by atoms with van der Waals surface area (Å²) >= 11 is 5.95. The Labute approximate surface area is 117 Å². The monoisotopic (exact) mass is 277 g/mol. The van der Waals surface area contributed by atoms with Crippen molar-refractivity contribution in [2.24, 2.45) is 5.92 Å². The number of nitriles is 1. The fraction of sp³-hybridized carbons (Fsp3) is 0.500. The van der Waals surface area contributed by atoms with Crippen molar-refractivity contribution in [2.75, 3.05) is 0 Å². The largest absolute Gasteiger partial charge is 0.336 e. The fourth-order valence-corrected chi connectivity index (χ4v) is 2.68. The molecule has 5 heteroatoms. The van der Waals surface area contributed by atoms with E-state index in [1.54, 1.807) is 6.07 Å². The van der Waals surface area contributed by atoms with Crippen molar-refractivity contribution in [2.45, 2.75) is 38.1 Å². The summed E-state index contributed by atoms with van der Waals surface area (Å²) in [7, 11) is 0. The first-order chi connectivity index (χ1) is 9.22. The molecule has 1 unspecified atom stereocenters. The zero-order valence-electron chi connectivity index (χ0n) is 10.6. The molecule has 0 radical (unpaired) electrons. The molecular formula is C14H16ClN3O. The second-order valence-corrected chi connectivity index (χ2v) is 5.24. The maximum Gasteiger partial charge on any atom is 0.255 e. The lowest BCUT2D eigenvalue weighted by Gasteiger charge is -2.26. The van der Waals surface area contributed by atoms with Crippen LogP contribution in [0.1, 0.15) is 42.5 Å². The van der Waals surface area contributed by atoms with Crippen LogP contribution >= 0.6 is 11.6 Å². The number of carbonyl (C=O) groups is 1. The number of hydrogen-bond donors (Lipinski definition) is 1. The molecule has 1 saturated carbocycles. The van der Waals surface area contributed by atoms with Gasteiger partial charge in [0.2, 0.25) is 0 Å². The lowest BCUT2D eigenvalue weighted by atomic mass is 9.84. The third-order valence-electron chi connectivity index (χ3n) is 3.56. The maximum atomic E-state index is 12.1. The highest BCUT2D eigenvalue weighted by atomic mass is 35.5. The Bertz CT molecular complexity index is 492. The van der Waals surface area contributed by atoms with Gasteiger partial charge in [-0.2, -0.15) is 5.26 Å². The summed E-state index contributed by atoms with van der Waals surface area (Å²) in [6, 6.07) is 3.32. The molecule has 1 aromatic heterocycles. The first kappa shape index (κ1) is 13.8. The van der Waals surface area contributed by atoms with E-state index in [1.165, 1.54) is 18.8 Å². The Morgan fingerprint density at radius 2 is 2.21 bits per heavy atom. The van der Waals surface area contributed by atoms with Crippen molar-refractivity contribution in [3.63, 3.8) is 0 Å². The van der Waals surface area contributed by atoms with Crippen LogP contribution in [0.25, 0.3) is 0 Å². The number of aromatic nitrogens is 1. The second-order valence-electron chi connectivity index (χ2n) is 4.83. The molecular weight excluding hydrogens is 262 g/mol. The summed E-state index contributed by atoms with van der Waals surface area (Å²) in [6.07, 6.45) is 8.43. The molecule has 0 saturated heterocycles. The van der Waals surface area contributed by atoms with Gasteiger partial charge in [0.05, 0.1) is 16.7 Å². The van der Waals surface area contributed by atoms with E-state index >= 15 is 0 Å². The van der Waals surface area contributed by atoms with E-state index in [9.17, 15) is 10.1 Å². The van der Waals surface area contributed by atoms with Gasteiger partial charge >= 0.3 is 0 Å². The molecule has 0 spiro atoms. The summed E-state index contributed by atoms with van der Waals surface area (Å²) in [4.78, 5) is 16.0. The standard InChI is InChI=1S/C14H16ClN3O/c15-12-6-7-17-9-11(12)14(19)18-13(8-16)10-4-2-1-3-5-10/h6-7,9-10,13H,1-5H2,(H,18,19). The minimum absolute atomic E-state index is 0.248. The lowest BCUT2D eigenvalue weighted by Crippen LogP contribution is -2.40. The summed E-state index contributed by atoms with van der Waals surface area (Å²) in [5, 5.41) is 12.4. The number of nitrogens with one attached hydrogen (secondary N) is 1. The van der Waals surface area contributed by atoms with Gasteiger partial charge in [-0.25, -0.2) is 0 Å². The van der Waals surface area contributed by atoms with E-state index in [1.807, 2.05) is 0 Å². The van der Waals surface area contributed by atoms with Gasteiger partial charge in [-0.1, -0.05) is 30.9 Å². The number of rotatable bonds is 3. The van der Waals surface area contributed by atoms with Crippen molar-refractivity contribution in [1.82, 2.24) is 10.3 Å². The van der Waals surface area contributed by atoms with E-state index in [4.69, 9.17) is 11.6 Å². The van der Waals surface area contributed by atoms with E-state index in [2.05, 4.69) is 16.4 Å². The molecule has 1 aromatic rings. The Kier molecular flexibility index (Phi) is 4.75. The number of amides is 1. The van der Waals surface area contributed by atoms with E-state index in [-0.39, 0.29) is 11.8 Å². The zero-order chi connectivity index (χ0) is 13.7. The molecule has 1 amide bonds. The molecule has 1 aliphatic rings. The Hall–Kier alpha value is -1.60. The molecule has 0 bridgehead atoms. The molecule has 1 heterocycles. The van der Waals surface area contributed by atoms with Crippen LogP contribution in [-0.2, 0) is 0 Å². The zero-order valence-corrected chi connectivity index (χ0v) is 11.4. The molecule has 1 aliphatic carbocycles. The molecule has 0 aliphatic heterocycles. The molecule has 19 heavy (non-hydrogen) atoms. The number of carbonyl (C=O) groups excluding carboxylic acids is 1. The molecule has 1 N–H and O–H groups in total. The fourth-order valence-electron chi connectivity index (χ4n) is 2.49. The van der Waals surface area contributed by atoms with E-state index < -0.39 is 6.04 Å². The highest BCUT2D eigenvalue weighted by molar-refractivity contribution is 6.33. The average molecular weight is 278 g/mol. The van der Waals surface area contributed by atoms with Crippen LogP contribution in [0.2, 0.25) is 5.02 Å². The summed E-state index contributed by atoms with van der Waals surface area (Å²) in [6.45, 7) is 0. The highest BCUT2D eigenvalue weighted by Gasteiger charge is 2.25. The normalized spacial score (nSPS) is 17.5. The van der Waals surface area contributed by atoms with Crippen molar-refractivity contribution in [3.8, 4) is 6.07 Å². The van der Waals surface area contributed by atoms with Gasteiger partial charge in [0.15, 0.2) is 0 Å². The Morgan fingerprint density at radius 3 is 2.84 bits per heavy atom. The van der Waals surface area contributed by atoms with Crippen molar-refractivity contribution in [1.29, 1.82) is 5.26 Å². The average Bonchev–Trinajstić information content (AvgIpc) is 2.46. The number of pyridine rings is 1. The first-order valence-corrected chi connectivity index (χ1v) is 6.90. The van der Waals surface area contributed by atoms with Gasteiger partial charge in [0, 0.05) is 12.4 Å². The summed E-state index contributed by atoms with van der Waals surface area (Å²) < 4.78 is 0. The minimum atomic E-state index is -0.441. The molecule has 100 valence electrons. The van der Waals surface area contributed by atoms with Crippen LogP contribution < -0.4 is 5.32 Å². The summed E-state index contributed by atoms with van der Waals surface area (Å²) in [5.41, 5.74) is 0.320. The Balaban J connectivity index is 2.04. The van der Waals surface area contributed by atoms with E-state index in [0.29, 0.717) is 10.6 Å². The SMILES string of the molecule is N#CC(NC(=O)c1cnccc1Cl)C1CCCCC1. The molecule has 1 atom stereocenters. The number of hydrogen-bond acceptors (Lipinski definition) is 3. The van der Waals surface area contributed by atoms with Gasteiger partial charge in [-0.15, -0.1) is 0 Å². The third kappa shape index (κ3) is 3.45.